The number of hydrogen-bond acceptors (Lipinski definition) is 7. The quantitative estimate of drug-likeness (QED) is 0.693. The topological polar surface area (TPSA) is 101 Å². The fraction of sp³-hybridized carbons (Fsp3) is 0.350. The van der Waals surface area contributed by atoms with Crippen molar-refractivity contribution in [1.82, 2.24) is 25.2 Å². The third kappa shape index (κ3) is 4.51. The maximum absolute atomic E-state index is 12.6. The van der Waals surface area contributed by atoms with E-state index in [1.54, 1.807) is 11.1 Å². The van der Waals surface area contributed by atoms with E-state index in [1.807, 2.05) is 24.4 Å². The number of rotatable bonds is 5. The third-order valence-corrected chi connectivity index (χ3v) is 5.74. The summed E-state index contributed by atoms with van der Waals surface area (Å²) in [4.78, 5) is 39.3. The van der Waals surface area contributed by atoms with E-state index in [2.05, 4.69) is 20.3 Å². The maximum atomic E-state index is 12.6. The minimum Gasteiger partial charge on any atom is -0.438 e. The Balaban J connectivity index is 1.32. The minimum absolute atomic E-state index is 0.0613. The van der Waals surface area contributed by atoms with Gasteiger partial charge in [0.15, 0.2) is 6.39 Å². The van der Waals surface area contributed by atoms with E-state index >= 15 is 0 Å². The van der Waals surface area contributed by atoms with Gasteiger partial charge >= 0.3 is 0 Å². The van der Waals surface area contributed by atoms with Crippen LogP contribution in [0.1, 0.15) is 34.1 Å². The summed E-state index contributed by atoms with van der Waals surface area (Å²) in [5.74, 6) is -0.326. The van der Waals surface area contributed by atoms with Crippen molar-refractivity contribution in [1.29, 1.82) is 0 Å². The van der Waals surface area contributed by atoms with E-state index in [0.29, 0.717) is 19.6 Å². The van der Waals surface area contributed by atoms with Crippen molar-refractivity contribution in [3.05, 3.63) is 52.8 Å². The van der Waals surface area contributed by atoms with Gasteiger partial charge in [-0.1, -0.05) is 0 Å². The molecule has 3 aromatic rings. The third-order valence-electron chi connectivity index (χ3n) is 4.90. The van der Waals surface area contributed by atoms with Crippen LogP contribution in [0.25, 0.3) is 11.3 Å². The number of amides is 2. The van der Waals surface area contributed by atoms with Crippen molar-refractivity contribution < 1.29 is 14.0 Å². The molecule has 1 atom stereocenters. The molecule has 0 aromatic carbocycles. The van der Waals surface area contributed by atoms with E-state index in [4.69, 9.17) is 4.42 Å². The van der Waals surface area contributed by atoms with E-state index in [1.165, 1.54) is 23.9 Å². The number of hydrogen-bond donors (Lipinski definition) is 1. The minimum atomic E-state index is -0.239. The average molecular weight is 411 g/mol. The van der Waals surface area contributed by atoms with Gasteiger partial charge in [0.1, 0.15) is 5.01 Å². The Kier molecular flexibility index (Phi) is 5.66. The van der Waals surface area contributed by atoms with Gasteiger partial charge in [0.25, 0.3) is 5.91 Å². The van der Waals surface area contributed by atoms with Crippen molar-refractivity contribution >= 4 is 23.2 Å². The SMILES string of the molecule is Cc1ccc(-c2csc(CNC(=O)[C@H]3CCCN(C(=O)c4cnco4)C3)n2)cn1. The highest BCUT2D eigenvalue weighted by Crippen LogP contribution is 2.22. The number of aryl methyl sites for hydroxylation is 1. The second-order valence-electron chi connectivity index (χ2n) is 6.99. The molecule has 150 valence electrons. The predicted molar refractivity (Wildman–Crippen MR) is 107 cm³/mol. The summed E-state index contributed by atoms with van der Waals surface area (Å²) in [7, 11) is 0. The molecular formula is C20H21N5O3S. The van der Waals surface area contributed by atoms with E-state index in [9.17, 15) is 9.59 Å². The molecule has 0 radical (unpaired) electrons. The number of pyridine rings is 1. The summed E-state index contributed by atoms with van der Waals surface area (Å²) in [6, 6.07) is 3.94. The van der Waals surface area contributed by atoms with Crippen LogP contribution in [-0.2, 0) is 11.3 Å². The summed E-state index contributed by atoms with van der Waals surface area (Å²) in [5.41, 5.74) is 2.77. The van der Waals surface area contributed by atoms with Crippen LogP contribution < -0.4 is 5.32 Å². The number of thiazole rings is 1. The Labute approximate surface area is 172 Å². The van der Waals surface area contributed by atoms with Crippen molar-refractivity contribution in [3.8, 4) is 11.3 Å². The lowest BCUT2D eigenvalue weighted by molar-refractivity contribution is -0.126. The first kappa shape index (κ1) is 19.3. The molecule has 0 bridgehead atoms. The molecule has 1 aliphatic rings. The Morgan fingerprint density at radius 3 is 3.00 bits per heavy atom. The molecule has 0 aliphatic carbocycles. The lowest BCUT2D eigenvalue weighted by Gasteiger charge is -2.31. The number of piperidine rings is 1. The zero-order valence-electron chi connectivity index (χ0n) is 16.0. The normalized spacial score (nSPS) is 16.6. The van der Waals surface area contributed by atoms with Gasteiger partial charge in [-0.25, -0.2) is 9.97 Å². The number of carbonyl (C=O) groups excluding carboxylic acids is 2. The molecule has 4 rings (SSSR count). The summed E-state index contributed by atoms with van der Waals surface area (Å²) in [6.07, 6.45) is 5.96. The fourth-order valence-corrected chi connectivity index (χ4v) is 4.05. The van der Waals surface area contributed by atoms with Gasteiger partial charge in [0.05, 0.1) is 24.4 Å². The highest BCUT2D eigenvalue weighted by atomic mass is 32.1. The Morgan fingerprint density at radius 1 is 1.34 bits per heavy atom. The van der Waals surface area contributed by atoms with Crippen LogP contribution in [0, 0.1) is 12.8 Å². The monoisotopic (exact) mass is 411 g/mol. The molecule has 4 heterocycles. The molecule has 9 heteroatoms. The number of oxazole rings is 1. The Hall–Kier alpha value is -3.07. The molecule has 8 nitrogen and oxygen atoms in total. The first-order valence-electron chi connectivity index (χ1n) is 9.43. The van der Waals surface area contributed by atoms with Gasteiger partial charge in [-0.2, -0.15) is 0 Å². The highest BCUT2D eigenvalue weighted by molar-refractivity contribution is 7.09. The largest absolute Gasteiger partial charge is 0.438 e. The van der Waals surface area contributed by atoms with E-state index in [-0.39, 0.29) is 23.5 Å². The van der Waals surface area contributed by atoms with Gasteiger partial charge < -0.3 is 14.6 Å². The zero-order valence-corrected chi connectivity index (χ0v) is 16.8. The first-order chi connectivity index (χ1) is 14.1. The van der Waals surface area contributed by atoms with Crippen LogP contribution in [0.4, 0.5) is 0 Å². The predicted octanol–water partition coefficient (Wildman–Crippen LogP) is 2.67. The molecule has 29 heavy (non-hydrogen) atoms. The molecule has 0 spiro atoms. The zero-order chi connectivity index (χ0) is 20.2. The van der Waals surface area contributed by atoms with Crippen LogP contribution in [-0.4, -0.2) is 44.8 Å². The molecule has 2 amide bonds. The van der Waals surface area contributed by atoms with Gasteiger partial charge in [-0.3, -0.25) is 14.6 Å². The van der Waals surface area contributed by atoms with Gasteiger partial charge in [0, 0.05) is 35.9 Å². The number of nitrogens with one attached hydrogen (secondary N) is 1. The van der Waals surface area contributed by atoms with E-state index < -0.39 is 0 Å². The summed E-state index contributed by atoms with van der Waals surface area (Å²) in [5, 5.41) is 5.75. The van der Waals surface area contributed by atoms with Gasteiger partial charge in [0.2, 0.25) is 11.7 Å². The Bertz CT molecular complexity index is 984. The maximum Gasteiger partial charge on any atom is 0.291 e. The van der Waals surface area contributed by atoms with Crippen LogP contribution in [0.5, 0.6) is 0 Å². The molecule has 1 fully saturated rings. The van der Waals surface area contributed by atoms with Crippen LogP contribution in [0.2, 0.25) is 0 Å². The molecule has 0 unspecified atom stereocenters. The Morgan fingerprint density at radius 2 is 2.24 bits per heavy atom. The van der Waals surface area contributed by atoms with Crippen molar-refractivity contribution in [3.63, 3.8) is 0 Å². The van der Waals surface area contributed by atoms with Crippen molar-refractivity contribution in [2.75, 3.05) is 13.1 Å². The summed E-state index contributed by atoms with van der Waals surface area (Å²) >= 11 is 1.50. The van der Waals surface area contributed by atoms with Crippen LogP contribution >= 0.6 is 11.3 Å². The number of aromatic nitrogens is 3. The highest BCUT2D eigenvalue weighted by Gasteiger charge is 2.30. The second kappa shape index (κ2) is 8.52. The van der Waals surface area contributed by atoms with Gasteiger partial charge in [-0.05, 0) is 31.9 Å². The van der Waals surface area contributed by atoms with Crippen LogP contribution in [0.3, 0.4) is 0 Å². The number of nitrogens with zero attached hydrogens (tertiary/aromatic N) is 4. The van der Waals surface area contributed by atoms with Gasteiger partial charge in [-0.15, -0.1) is 11.3 Å². The second-order valence-corrected chi connectivity index (χ2v) is 7.93. The standard InChI is InChI=1S/C20H21N5O3S/c1-13-4-5-14(7-22-13)16-11-29-18(24-16)9-23-19(26)15-3-2-6-25(10-15)20(27)17-8-21-12-28-17/h4-5,7-8,11-12,15H,2-3,6,9-10H2,1H3,(H,23,26)/t15-/m0/s1. The van der Waals surface area contributed by atoms with Crippen LogP contribution in [0.15, 0.2) is 40.7 Å². The molecule has 1 saturated heterocycles. The molecule has 3 aromatic heterocycles. The lowest BCUT2D eigenvalue weighted by atomic mass is 9.97. The first-order valence-corrected chi connectivity index (χ1v) is 10.3. The van der Waals surface area contributed by atoms with Crippen molar-refractivity contribution in [2.24, 2.45) is 5.92 Å². The number of carbonyl (C=O) groups is 2. The summed E-state index contributed by atoms with van der Waals surface area (Å²) < 4.78 is 5.08. The molecular weight excluding hydrogens is 390 g/mol. The lowest BCUT2D eigenvalue weighted by Crippen LogP contribution is -2.45. The fourth-order valence-electron chi connectivity index (χ4n) is 3.30. The van der Waals surface area contributed by atoms with E-state index in [0.717, 1.165) is 34.8 Å². The van der Waals surface area contributed by atoms with Crippen molar-refractivity contribution in [2.45, 2.75) is 26.3 Å². The molecule has 1 aliphatic heterocycles. The smallest absolute Gasteiger partial charge is 0.291 e. The summed E-state index contributed by atoms with van der Waals surface area (Å²) in [6.45, 7) is 3.31. The average Bonchev–Trinajstić information content (AvgIpc) is 3.44. The molecule has 0 saturated carbocycles. The molecule has 1 N–H and O–H groups in total. The number of likely N-dealkylation sites (tertiary alicyclic amines) is 1.